The lowest BCUT2D eigenvalue weighted by Gasteiger charge is -2.00. The van der Waals surface area contributed by atoms with E-state index in [1.165, 1.54) is 12.1 Å². The van der Waals surface area contributed by atoms with E-state index in [4.69, 9.17) is 11.1 Å². The van der Waals surface area contributed by atoms with Crippen molar-refractivity contribution in [2.75, 3.05) is 5.73 Å². The number of nitrogens with zero attached hydrogens (tertiary/aromatic N) is 2. The summed E-state index contributed by atoms with van der Waals surface area (Å²) in [5, 5.41) is 35.1. The van der Waals surface area contributed by atoms with Crippen molar-refractivity contribution in [3.05, 3.63) is 17.8 Å². The summed E-state index contributed by atoms with van der Waals surface area (Å²) in [5.41, 5.74) is 4.97. The fourth-order valence-corrected chi connectivity index (χ4v) is 1.29. The molecule has 0 radical (unpaired) electrons. The first-order valence-corrected chi connectivity index (χ1v) is 3.72. The Morgan fingerprint density at radius 2 is 1.86 bits per heavy atom. The number of fused-ring (bicyclic) bond motifs is 1. The molecule has 1 aromatic heterocycles. The van der Waals surface area contributed by atoms with Crippen LogP contribution < -0.4 is 11.4 Å². The van der Waals surface area contributed by atoms with Crippen LogP contribution in [0.1, 0.15) is 0 Å². The Morgan fingerprint density at radius 1 is 1.21 bits per heavy atom. The highest BCUT2D eigenvalue weighted by molar-refractivity contribution is 5.90. The molecule has 0 aliphatic heterocycles. The second kappa shape index (κ2) is 2.34. The van der Waals surface area contributed by atoms with Crippen LogP contribution in [0, 0.1) is 5.41 Å². The van der Waals surface area contributed by atoms with E-state index in [1.807, 2.05) is 0 Å². The number of phenols is 1. The minimum absolute atomic E-state index is 0.00231. The quantitative estimate of drug-likeness (QED) is 0.225. The summed E-state index contributed by atoms with van der Waals surface area (Å²) in [6, 6.07) is 2.61. The fraction of sp³-hybridized carbons (Fsp3) is 0. The molecule has 1 aromatic carbocycles. The molecule has 6 N–H and O–H groups in total. The van der Waals surface area contributed by atoms with Gasteiger partial charge in [-0.1, -0.05) is 0 Å². The van der Waals surface area contributed by atoms with Crippen molar-refractivity contribution in [2.24, 2.45) is 0 Å². The molecule has 0 saturated heterocycles. The molecule has 7 heteroatoms. The first-order valence-electron chi connectivity index (χ1n) is 3.72. The number of rotatable bonds is 0. The van der Waals surface area contributed by atoms with E-state index in [2.05, 4.69) is 0 Å². The third-order valence-corrected chi connectivity index (χ3v) is 2.01. The van der Waals surface area contributed by atoms with Crippen LogP contribution in [0.15, 0.2) is 12.1 Å². The first-order chi connectivity index (χ1) is 6.54. The topological polar surface area (TPSA) is 120 Å². The van der Waals surface area contributed by atoms with Gasteiger partial charge in [0.15, 0.2) is 0 Å². The van der Waals surface area contributed by atoms with Gasteiger partial charge in [-0.2, -0.15) is 0 Å². The van der Waals surface area contributed by atoms with Gasteiger partial charge in [0.2, 0.25) is 0 Å². The molecule has 74 valence electrons. The predicted molar refractivity (Wildman–Crippen MR) is 46.2 cm³/mol. The molecule has 0 atom stereocenters. The third-order valence-electron chi connectivity index (χ3n) is 2.01. The molecular weight excluding hydrogens is 188 g/mol. The number of aromatic nitrogens is 2. The predicted octanol–water partition coefficient (Wildman–Crippen LogP) is -0.315. The molecule has 0 fully saturated rings. The highest BCUT2D eigenvalue weighted by atomic mass is 16.5. The van der Waals surface area contributed by atoms with Crippen molar-refractivity contribution >= 4 is 16.7 Å². The molecular formula is C7H8N4O3. The smallest absolute Gasteiger partial charge is 0.270 e. The SMILES string of the molecule is N=c1n(O)c2ccc(O)c(N)c2n1O. The molecule has 2 rings (SSSR count). The molecule has 0 aliphatic carbocycles. The lowest BCUT2D eigenvalue weighted by Crippen LogP contribution is -2.21. The zero-order chi connectivity index (χ0) is 10.5. The highest BCUT2D eigenvalue weighted by Gasteiger charge is 2.14. The third kappa shape index (κ3) is 0.777. The minimum atomic E-state index is -0.544. The lowest BCUT2D eigenvalue weighted by molar-refractivity contribution is 0.130. The van der Waals surface area contributed by atoms with Crippen molar-refractivity contribution in [3.63, 3.8) is 0 Å². The Morgan fingerprint density at radius 3 is 2.50 bits per heavy atom. The summed E-state index contributed by atoms with van der Waals surface area (Å²) in [4.78, 5) is 0. The fourth-order valence-electron chi connectivity index (χ4n) is 1.29. The molecule has 0 aliphatic rings. The van der Waals surface area contributed by atoms with Crippen molar-refractivity contribution in [2.45, 2.75) is 0 Å². The van der Waals surface area contributed by atoms with E-state index in [0.717, 1.165) is 0 Å². The van der Waals surface area contributed by atoms with Crippen LogP contribution in [0.25, 0.3) is 11.0 Å². The summed E-state index contributed by atoms with van der Waals surface area (Å²) in [7, 11) is 0. The van der Waals surface area contributed by atoms with E-state index >= 15 is 0 Å². The number of nitrogens with one attached hydrogen (secondary N) is 1. The second-order valence-electron chi connectivity index (χ2n) is 2.81. The Hall–Kier alpha value is -2.31. The van der Waals surface area contributed by atoms with E-state index in [0.29, 0.717) is 9.46 Å². The number of nitrogen functional groups attached to an aromatic ring is 1. The van der Waals surface area contributed by atoms with Gasteiger partial charge in [-0.15, -0.1) is 9.46 Å². The van der Waals surface area contributed by atoms with E-state index in [-0.39, 0.29) is 22.5 Å². The summed E-state index contributed by atoms with van der Waals surface area (Å²) >= 11 is 0. The minimum Gasteiger partial charge on any atom is -0.506 e. The zero-order valence-electron chi connectivity index (χ0n) is 6.97. The Balaban J connectivity index is 3.11. The van der Waals surface area contributed by atoms with Gasteiger partial charge in [0.1, 0.15) is 22.5 Å². The summed E-state index contributed by atoms with van der Waals surface area (Å²) < 4.78 is 0.857. The second-order valence-corrected chi connectivity index (χ2v) is 2.81. The number of aromatic hydroxyl groups is 1. The number of anilines is 1. The summed E-state index contributed by atoms with van der Waals surface area (Å²) in [6.45, 7) is 0. The summed E-state index contributed by atoms with van der Waals surface area (Å²) in [5.74, 6) is -0.217. The highest BCUT2D eigenvalue weighted by Crippen LogP contribution is 2.27. The molecule has 1 heterocycles. The normalized spacial score (nSPS) is 10.9. The number of hydrogen-bond acceptors (Lipinski definition) is 5. The van der Waals surface area contributed by atoms with Crippen LogP contribution in [0.5, 0.6) is 5.75 Å². The molecule has 0 unspecified atom stereocenters. The molecule has 0 bridgehead atoms. The van der Waals surface area contributed by atoms with Gasteiger partial charge < -0.3 is 21.3 Å². The maximum Gasteiger partial charge on any atom is 0.270 e. The van der Waals surface area contributed by atoms with Crippen molar-refractivity contribution < 1.29 is 15.5 Å². The molecule has 7 nitrogen and oxygen atoms in total. The van der Waals surface area contributed by atoms with Crippen molar-refractivity contribution in [1.29, 1.82) is 5.41 Å². The number of nitrogens with two attached hydrogens (primary N) is 1. The summed E-state index contributed by atoms with van der Waals surface area (Å²) in [6.07, 6.45) is 0. The largest absolute Gasteiger partial charge is 0.506 e. The molecule has 0 saturated carbocycles. The van der Waals surface area contributed by atoms with E-state index < -0.39 is 5.62 Å². The number of imidazole rings is 1. The molecule has 0 spiro atoms. The zero-order valence-corrected chi connectivity index (χ0v) is 6.97. The monoisotopic (exact) mass is 196 g/mol. The Kier molecular flexibility index (Phi) is 1.39. The average Bonchev–Trinajstić information content (AvgIpc) is 2.38. The van der Waals surface area contributed by atoms with Crippen LogP contribution in [0.2, 0.25) is 0 Å². The van der Waals surface area contributed by atoms with Gasteiger partial charge in [-0.05, 0) is 12.1 Å². The molecule has 14 heavy (non-hydrogen) atoms. The number of hydrogen-bond donors (Lipinski definition) is 5. The van der Waals surface area contributed by atoms with Crippen LogP contribution in [0.3, 0.4) is 0 Å². The standard InChI is InChI=1S/C7H8N4O3/c8-5-4(12)2-1-3-6(5)11(14)7(9)10(3)13/h1-2,9,12-14H,8H2. The maximum atomic E-state index is 9.34. The van der Waals surface area contributed by atoms with Gasteiger partial charge in [0.05, 0.1) is 0 Å². The van der Waals surface area contributed by atoms with Gasteiger partial charge in [0.25, 0.3) is 5.62 Å². The first kappa shape index (κ1) is 8.30. The van der Waals surface area contributed by atoms with Gasteiger partial charge >= 0.3 is 0 Å². The number of phenolic OH excluding ortho intramolecular Hbond substituents is 1. The van der Waals surface area contributed by atoms with E-state index in [9.17, 15) is 15.5 Å². The maximum absolute atomic E-state index is 9.34. The average molecular weight is 196 g/mol. The van der Waals surface area contributed by atoms with Crippen molar-refractivity contribution in [3.8, 4) is 5.75 Å². The van der Waals surface area contributed by atoms with Gasteiger partial charge in [0, 0.05) is 0 Å². The van der Waals surface area contributed by atoms with Crippen LogP contribution in [0.4, 0.5) is 5.69 Å². The van der Waals surface area contributed by atoms with Gasteiger partial charge in [-0.25, -0.2) is 0 Å². The number of benzene rings is 1. The molecule has 2 aromatic rings. The Bertz CT molecular complexity index is 568. The van der Waals surface area contributed by atoms with Crippen LogP contribution in [-0.4, -0.2) is 25.0 Å². The molecule has 0 amide bonds. The van der Waals surface area contributed by atoms with Crippen LogP contribution in [-0.2, 0) is 0 Å². The van der Waals surface area contributed by atoms with Crippen LogP contribution >= 0.6 is 0 Å². The lowest BCUT2D eigenvalue weighted by atomic mass is 10.2. The van der Waals surface area contributed by atoms with Crippen molar-refractivity contribution in [1.82, 2.24) is 9.46 Å². The Labute approximate surface area is 77.3 Å². The van der Waals surface area contributed by atoms with E-state index in [1.54, 1.807) is 0 Å². The van der Waals surface area contributed by atoms with Gasteiger partial charge in [-0.3, -0.25) is 5.41 Å².